The van der Waals surface area contributed by atoms with E-state index in [4.69, 9.17) is 15.6 Å². The molecule has 1 saturated heterocycles. The number of hydrogen-bond acceptors (Lipinski definition) is 5. The molecule has 3 atom stereocenters. The van der Waals surface area contributed by atoms with Crippen LogP contribution < -0.4 is 11.4 Å². The van der Waals surface area contributed by atoms with Crippen molar-refractivity contribution in [2.24, 2.45) is 0 Å². The highest BCUT2D eigenvalue weighted by Crippen LogP contribution is 2.30. The van der Waals surface area contributed by atoms with Crippen LogP contribution in [-0.4, -0.2) is 33.5 Å². The van der Waals surface area contributed by atoms with Crippen molar-refractivity contribution in [2.45, 2.75) is 24.9 Å². The molecule has 1 aromatic heterocycles. The largest absolute Gasteiger partial charge is 0.394 e. The smallest absolute Gasteiger partial charge is 0.351 e. The number of alkyl halides is 1. The van der Waals surface area contributed by atoms with Gasteiger partial charge in [0.1, 0.15) is 6.17 Å². The molecule has 6 nitrogen and oxygen atoms in total. The van der Waals surface area contributed by atoms with E-state index in [-0.39, 0.29) is 13.0 Å². The maximum absolute atomic E-state index is 13.5. The van der Waals surface area contributed by atoms with Gasteiger partial charge in [0.15, 0.2) is 17.9 Å². The van der Waals surface area contributed by atoms with Crippen LogP contribution >= 0.6 is 0 Å². The van der Waals surface area contributed by atoms with E-state index < -0.39 is 35.8 Å². The zero-order chi connectivity index (χ0) is 12.6. The van der Waals surface area contributed by atoms with E-state index in [9.17, 15) is 13.6 Å². The fourth-order valence-electron chi connectivity index (χ4n) is 1.70. The van der Waals surface area contributed by atoms with Gasteiger partial charge in [-0.05, 0) is 0 Å². The molecule has 0 amide bonds. The van der Waals surface area contributed by atoms with Crippen molar-refractivity contribution in [3.05, 3.63) is 22.5 Å². The molecule has 3 N–H and O–H groups in total. The number of nitrogens with two attached hydrogens (primary N) is 1. The molecule has 0 saturated carbocycles. The first-order valence-corrected chi connectivity index (χ1v) is 4.97. The Morgan fingerprint density at radius 1 is 1.71 bits per heavy atom. The van der Waals surface area contributed by atoms with Crippen molar-refractivity contribution in [3.63, 3.8) is 0 Å². The number of nitrogen functional groups attached to an aromatic ring is 1. The number of ether oxygens (including phenoxy) is 1. The molecule has 8 heteroatoms. The minimum Gasteiger partial charge on any atom is -0.394 e. The van der Waals surface area contributed by atoms with Crippen LogP contribution in [0.5, 0.6) is 0 Å². The van der Waals surface area contributed by atoms with Gasteiger partial charge in [0.05, 0.1) is 18.9 Å². The second-order valence-electron chi connectivity index (χ2n) is 3.75. The summed E-state index contributed by atoms with van der Waals surface area (Å²) in [6.07, 6.45) is -2.79. The van der Waals surface area contributed by atoms with Gasteiger partial charge < -0.3 is 15.6 Å². The lowest BCUT2D eigenvalue weighted by atomic mass is 10.2. The summed E-state index contributed by atoms with van der Waals surface area (Å²) in [7, 11) is 0. The number of halogens is 2. The van der Waals surface area contributed by atoms with Crippen LogP contribution in [0.1, 0.15) is 12.6 Å². The van der Waals surface area contributed by atoms with E-state index in [0.717, 1.165) is 6.20 Å². The third kappa shape index (κ3) is 2.13. The van der Waals surface area contributed by atoms with E-state index in [0.29, 0.717) is 4.57 Å². The summed E-state index contributed by atoms with van der Waals surface area (Å²) in [6, 6.07) is 0. The zero-order valence-electron chi connectivity index (χ0n) is 8.72. The van der Waals surface area contributed by atoms with Crippen molar-refractivity contribution >= 4 is 5.82 Å². The van der Waals surface area contributed by atoms with Crippen LogP contribution in [-0.2, 0) is 4.74 Å². The fraction of sp³-hybridized carbons (Fsp3) is 0.556. The molecular formula is C9H11F2N3O3. The molecular weight excluding hydrogens is 236 g/mol. The Morgan fingerprint density at radius 2 is 2.41 bits per heavy atom. The van der Waals surface area contributed by atoms with Crippen LogP contribution in [0.4, 0.5) is 14.6 Å². The van der Waals surface area contributed by atoms with E-state index in [1.54, 1.807) is 0 Å². The number of hydrogen-bond donors (Lipinski definition) is 2. The lowest BCUT2D eigenvalue weighted by molar-refractivity contribution is -0.0397. The zero-order valence-corrected chi connectivity index (χ0v) is 8.72. The van der Waals surface area contributed by atoms with Gasteiger partial charge in [-0.2, -0.15) is 4.98 Å². The van der Waals surface area contributed by atoms with Gasteiger partial charge in [0.2, 0.25) is 0 Å². The molecule has 94 valence electrons. The summed E-state index contributed by atoms with van der Waals surface area (Å²) in [5, 5.41) is 8.83. The minimum absolute atomic E-state index is 0.0560. The molecule has 1 aromatic rings. The average molecular weight is 247 g/mol. The van der Waals surface area contributed by atoms with Crippen molar-refractivity contribution in [1.82, 2.24) is 9.55 Å². The summed E-state index contributed by atoms with van der Waals surface area (Å²) in [6.45, 7) is -0.365. The molecule has 1 fully saturated rings. The number of aliphatic hydroxyl groups excluding tert-OH is 1. The second kappa shape index (κ2) is 4.38. The van der Waals surface area contributed by atoms with Crippen LogP contribution in [0.3, 0.4) is 0 Å². The van der Waals surface area contributed by atoms with Gasteiger partial charge in [0.25, 0.3) is 0 Å². The Bertz CT molecular complexity index is 479. The van der Waals surface area contributed by atoms with Gasteiger partial charge >= 0.3 is 5.69 Å². The van der Waals surface area contributed by atoms with E-state index in [1.807, 2.05) is 0 Å². The quantitative estimate of drug-likeness (QED) is 0.741. The number of aliphatic hydroxyl groups is 1. The Morgan fingerprint density at radius 3 is 3.00 bits per heavy atom. The predicted molar refractivity (Wildman–Crippen MR) is 53.4 cm³/mol. The molecule has 1 unspecified atom stereocenters. The Kier molecular flexibility index (Phi) is 3.07. The van der Waals surface area contributed by atoms with E-state index >= 15 is 0 Å². The van der Waals surface area contributed by atoms with Crippen molar-refractivity contribution in [1.29, 1.82) is 0 Å². The number of aromatic nitrogens is 2. The predicted octanol–water partition coefficient (Wildman–Crippen LogP) is -0.417. The van der Waals surface area contributed by atoms with Crippen LogP contribution in [0, 0.1) is 5.82 Å². The van der Waals surface area contributed by atoms with Gasteiger partial charge in [-0.15, -0.1) is 0 Å². The van der Waals surface area contributed by atoms with Gasteiger partial charge in [-0.1, -0.05) is 0 Å². The van der Waals surface area contributed by atoms with E-state index in [1.165, 1.54) is 0 Å². The average Bonchev–Trinajstić information content (AvgIpc) is 2.65. The first-order chi connectivity index (χ1) is 8.02. The monoisotopic (exact) mass is 247 g/mol. The maximum Gasteiger partial charge on any atom is 0.351 e. The van der Waals surface area contributed by atoms with E-state index in [2.05, 4.69) is 4.98 Å². The number of anilines is 1. The fourth-order valence-corrected chi connectivity index (χ4v) is 1.70. The highest BCUT2D eigenvalue weighted by molar-refractivity contribution is 5.26. The van der Waals surface area contributed by atoms with Crippen LogP contribution in [0.25, 0.3) is 0 Å². The van der Waals surface area contributed by atoms with Gasteiger partial charge in [0, 0.05) is 6.42 Å². The third-order valence-corrected chi connectivity index (χ3v) is 2.54. The highest BCUT2D eigenvalue weighted by atomic mass is 19.1. The minimum atomic E-state index is -1.50. The highest BCUT2D eigenvalue weighted by Gasteiger charge is 2.37. The topological polar surface area (TPSA) is 90.4 Å². The maximum atomic E-state index is 13.5. The molecule has 17 heavy (non-hydrogen) atoms. The lowest BCUT2D eigenvalue weighted by Gasteiger charge is -2.16. The van der Waals surface area contributed by atoms with Crippen LogP contribution in [0.2, 0.25) is 0 Å². The first kappa shape index (κ1) is 11.9. The number of rotatable bonds is 2. The molecule has 1 aliphatic rings. The Labute approximate surface area is 94.6 Å². The second-order valence-corrected chi connectivity index (χ2v) is 3.75. The molecule has 2 heterocycles. The molecule has 0 aliphatic carbocycles. The van der Waals surface area contributed by atoms with Gasteiger partial charge in [-0.25, -0.2) is 13.6 Å². The first-order valence-electron chi connectivity index (χ1n) is 4.97. The van der Waals surface area contributed by atoms with Crippen molar-refractivity contribution < 1.29 is 18.6 Å². The Balaban J connectivity index is 2.35. The molecule has 0 bridgehead atoms. The molecule has 0 spiro atoms. The summed E-state index contributed by atoms with van der Waals surface area (Å²) in [4.78, 5) is 14.6. The lowest BCUT2D eigenvalue weighted by Crippen LogP contribution is -2.31. The summed E-state index contributed by atoms with van der Waals surface area (Å²) < 4.78 is 32.5. The van der Waals surface area contributed by atoms with Gasteiger partial charge in [-0.3, -0.25) is 4.57 Å². The molecule has 0 aromatic carbocycles. The molecule has 0 radical (unpaired) electrons. The van der Waals surface area contributed by atoms with Crippen LogP contribution in [0.15, 0.2) is 11.0 Å². The normalized spacial score (nSPS) is 28.5. The summed E-state index contributed by atoms with van der Waals surface area (Å²) in [5.41, 5.74) is 4.21. The summed E-state index contributed by atoms with van der Waals surface area (Å²) in [5.74, 6) is -1.47. The van der Waals surface area contributed by atoms with Crippen molar-refractivity contribution in [3.8, 4) is 0 Å². The SMILES string of the molecule is Nc1nc(=O)n([C@H]2O[C@@H](CO)CC2F)cc1F. The standard InChI is InChI=1S/C9H11F2N3O3/c10-5-1-4(3-15)17-8(5)14-2-6(11)7(12)13-9(14)16/h2,4-5,8,15H,1,3H2,(H2,12,13,16)/t4-,5?,8+/m1/s1. The molecule has 1 aliphatic heterocycles. The Hall–Kier alpha value is -1.54. The molecule has 2 rings (SSSR count). The van der Waals surface area contributed by atoms with Crippen molar-refractivity contribution in [2.75, 3.05) is 12.3 Å². The number of nitrogens with zero attached hydrogens (tertiary/aromatic N) is 2. The third-order valence-electron chi connectivity index (χ3n) is 2.54. The summed E-state index contributed by atoms with van der Waals surface area (Å²) >= 11 is 0.